The molecule has 1 fully saturated rings. The summed E-state index contributed by atoms with van der Waals surface area (Å²) < 4.78 is 18.4. The first-order chi connectivity index (χ1) is 10.2. The predicted octanol–water partition coefficient (Wildman–Crippen LogP) is 2.85. The van der Waals surface area contributed by atoms with E-state index in [2.05, 4.69) is 20.2 Å². The number of benzene rings is 1. The van der Waals surface area contributed by atoms with Crippen LogP contribution in [0.3, 0.4) is 0 Å². The van der Waals surface area contributed by atoms with Gasteiger partial charge in [0.1, 0.15) is 11.6 Å². The van der Waals surface area contributed by atoms with Gasteiger partial charge < -0.3 is 15.0 Å². The fourth-order valence-electron chi connectivity index (χ4n) is 2.06. The quantitative estimate of drug-likeness (QED) is 0.945. The average molecular weight is 309 g/mol. The van der Waals surface area contributed by atoms with E-state index in [1.165, 1.54) is 12.1 Å². The largest absolute Gasteiger partial charge is 0.378 e. The number of aromatic nitrogens is 2. The first-order valence-corrected chi connectivity index (χ1v) is 6.98. The summed E-state index contributed by atoms with van der Waals surface area (Å²) in [5, 5.41) is 3.16. The molecule has 1 aromatic heterocycles. The van der Waals surface area contributed by atoms with Crippen molar-refractivity contribution in [1.29, 1.82) is 0 Å². The van der Waals surface area contributed by atoms with Crippen LogP contribution < -0.4 is 10.2 Å². The normalized spacial score (nSPS) is 15.0. The smallest absolute Gasteiger partial charge is 0.227 e. The Morgan fingerprint density at radius 2 is 2.05 bits per heavy atom. The minimum atomic E-state index is -0.445. The lowest BCUT2D eigenvalue weighted by Gasteiger charge is -2.26. The third kappa shape index (κ3) is 3.40. The van der Waals surface area contributed by atoms with Crippen molar-refractivity contribution in [3.05, 3.63) is 41.3 Å². The monoisotopic (exact) mass is 308 g/mol. The van der Waals surface area contributed by atoms with E-state index in [0.717, 1.165) is 13.1 Å². The molecule has 0 saturated carbocycles. The number of ether oxygens (including phenoxy) is 1. The highest BCUT2D eigenvalue weighted by Gasteiger charge is 2.14. The second-order valence-electron chi connectivity index (χ2n) is 4.60. The van der Waals surface area contributed by atoms with Crippen LogP contribution in [0.25, 0.3) is 0 Å². The lowest BCUT2D eigenvalue weighted by molar-refractivity contribution is 0.122. The van der Waals surface area contributed by atoms with Gasteiger partial charge in [0, 0.05) is 25.0 Å². The first kappa shape index (κ1) is 14.0. The van der Waals surface area contributed by atoms with Gasteiger partial charge in [-0.2, -0.15) is 4.98 Å². The van der Waals surface area contributed by atoms with Crippen molar-refractivity contribution in [2.75, 3.05) is 36.5 Å². The SMILES string of the molecule is Fc1ccc(Nc2ccnc(N3CCOCC3)n2)cc1Cl. The molecule has 1 aliphatic rings. The zero-order chi connectivity index (χ0) is 14.7. The van der Waals surface area contributed by atoms with Gasteiger partial charge in [-0.25, -0.2) is 9.37 Å². The molecule has 7 heteroatoms. The average Bonchev–Trinajstić information content (AvgIpc) is 2.52. The Labute approximate surface area is 126 Å². The van der Waals surface area contributed by atoms with E-state index in [-0.39, 0.29) is 5.02 Å². The Morgan fingerprint density at radius 1 is 1.24 bits per heavy atom. The highest BCUT2D eigenvalue weighted by molar-refractivity contribution is 6.31. The molecule has 1 N–H and O–H groups in total. The Kier molecular flexibility index (Phi) is 4.17. The number of hydrogen-bond acceptors (Lipinski definition) is 5. The van der Waals surface area contributed by atoms with E-state index < -0.39 is 5.82 Å². The number of anilines is 3. The van der Waals surface area contributed by atoms with Gasteiger partial charge in [-0.05, 0) is 24.3 Å². The van der Waals surface area contributed by atoms with Crippen LogP contribution in [-0.4, -0.2) is 36.3 Å². The highest BCUT2D eigenvalue weighted by atomic mass is 35.5. The lowest BCUT2D eigenvalue weighted by atomic mass is 10.3. The summed E-state index contributed by atoms with van der Waals surface area (Å²) in [4.78, 5) is 10.8. The second kappa shape index (κ2) is 6.24. The molecule has 1 aromatic carbocycles. The van der Waals surface area contributed by atoms with Crippen LogP contribution in [0.4, 0.5) is 21.8 Å². The number of morpholine rings is 1. The number of halogens is 2. The van der Waals surface area contributed by atoms with Gasteiger partial charge in [0.15, 0.2) is 0 Å². The fraction of sp³-hybridized carbons (Fsp3) is 0.286. The molecule has 5 nitrogen and oxygen atoms in total. The van der Waals surface area contributed by atoms with E-state index >= 15 is 0 Å². The molecular formula is C14H14ClFN4O. The molecule has 0 amide bonds. The van der Waals surface area contributed by atoms with Gasteiger partial charge in [0.2, 0.25) is 5.95 Å². The van der Waals surface area contributed by atoms with Crippen LogP contribution in [0.5, 0.6) is 0 Å². The first-order valence-electron chi connectivity index (χ1n) is 6.60. The third-order valence-corrected chi connectivity index (χ3v) is 3.42. The number of hydrogen-bond donors (Lipinski definition) is 1. The van der Waals surface area contributed by atoms with Gasteiger partial charge in [0.25, 0.3) is 0 Å². The summed E-state index contributed by atoms with van der Waals surface area (Å²) in [6, 6.07) is 6.20. The van der Waals surface area contributed by atoms with Gasteiger partial charge >= 0.3 is 0 Å². The summed E-state index contributed by atoms with van der Waals surface area (Å²) in [6.07, 6.45) is 1.69. The molecule has 0 atom stereocenters. The van der Waals surface area contributed by atoms with E-state index in [1.807, 2.05) is 0 Å². The second-order valence-corrected chi connectivity index (χ2v) is 5.00. The summed E-state index contributed by atoms with van der Waals surface area (Å²) in [6.45, 7) is 2.89. The summed E-state index contributed by atoms with van der Waals surface area (Å²) in [7, 11) is 0. The Hall–Kier alpha value is -1.92. The highest BCUT2D eigenvalue weighted by Crippen LogP contribution is 2.22. The van der Waals surface area contributed by atoms with E-state index in [4.69, 9.17) is 16.3 Å². The zero-order valence-corrected chi connectivity index (χ0v) is 12.0. The number of nitrogens with zero attached hydrogens (tertiary/aromatic N) is 3. The maximum Gasteiger partial charge on any atom is 0.227 e. The van der Waals surface area contributed by atoms with E-state index in [0.29, 0.717) is 30.7 Å². The molecule has 2 aromatic rings. The molecule has 3 rings (SSSR count). The van der Waals surface area contributed by atoms with Crippen molar-refractivity contribution in [1.82, 2.24) is 9.97 Å². The van der Waals surface area contributed by atoms with Crippen molar-refractivity contribution in [3.8, 4) is 0 Å². The minimum Gasteiger partial charge on any atom is -0.378 e. The Bertz CT molecular complexity index is 634. The summed E-state index contributed by atoms with van der Waals surface area (Å²) in [5.41, 5.74) is 0.674. The molecule has 0 unspecified atom stereocenters. The molecule has 0 aliphatic carbocycles. The topological polar surface area (TPSA) is 50.3 Å². The lowest BCUT2D eigenvalue weighted by Crippen LogP contribution is -2.37. The van der Waals surface area contributed by atoms with E-state index in [1.54, 1.807) is 18.3 Å². The van der Waals surface area contributed by atoms with Gasteiger partial charge in [0.05, 0.1) is 18.2 Å². The maximum absolute atomic E-state index is 13.1. The summed E-state index contributed by atoms with van der Waals surface area (Å²) >= 11 is 5.76. The molecule has 21 heavy (non-hydrogen) atoms. The molecule has 1 saturated heterocycles. The Balaban J connectivity index is 1.77. The molecular weight excluding hydrogens is 295 g/mol. The molecule has 0 radical (unpaired) electrons. The number of nitrogens with one attached hydrogen (secondary N) is 1. The van der Waals surface area contributed by atoms with Crippen LogP contribution in [0.15, 0.2) is 30.5 Å². The minimum absolute atomic E-state index is 0.0717. The van der Waals surface area contributed by atoms with Gasteiger partial charge in [-0.3, -0.25) is 0 Å². The standard InChI is InChI=1S/C14H14ClFN4O/c15-11-9-10(1-2-12(11)16)18-13-3-4-17-14(19-13)20-5-7-21-8-6-20/h1-4,9H,5-8H2,(H,17,18,19). The van der Waals surface area contributed by atoms with Crippen molar-refractivity contribution in [2.24, 2.45) is 0 Å². The maximum atomic E-state index is 13.1. The molecule has 0 spiro atoms. The number of rotatable bonds is 3. The van der Waals surface area contributed by atoms with Crippen LogP contribution in [0.2, 0.25) is 5.02 Å². The Morgan fingerprint density at radius 3 is 2.81 bits per heavy atom. The van der Waals surface area contributed by atoms with Crippen LogP contribution >= 0.6 is 11.6 Å². The predicted molar refractivity (Wildman–Crippen MR) is 79.8 cm³/mol. The molecule has 0 bridgehead atoms. The summed E-state index contributed by atoms with van der Waals surface area (Å²) in [5.74, 6) is 0.838. The fourth-order valence-corrected chi connectivity index (χ4v) is 2.24. The van der Waals surface area contributed by atoms with Crippen molar-refractivity contribution in [3.63, 3.8) is 0 Å². The zero-order valence-electron chi connectivity index (χ0n) is 11.2. The van der Waals surface area contributed by atoms with Crippen molar-refractivity contribution in [2.45, 2.75) is 0 Å². The molecule has 1 aliphatic heterocycles. The van der Waals surface area contributed by atoms with Crippen molar-refractivity contribution < 1.29 is 9.13 Å². The van der Waals surface area contributed by atoms with E-state index in [9.17, 15) is 4.39 Å². The third-order valence-electron chi connectivity index (χ3n) is 3.13. The molecule has 110 valence electrons. The van der Waals surface area contributed by atoms with Crippen LogP contribution in [-0.2, 0) is 4.74 Å². The van der Waals surface area contributed by atoms with Crippen molar-refractivity contribution >= 4 is 29.1 Å². The van der Waals surface area contributed by atoms with Gasteiger partial charge in [-0.15, -0.1) is 0 Å². The molecule has 2 heterocycles. The van der Waals surface area contributed by atoms with Gasteiger partial charge in [-0.1, -0.05) is 11.6 Å². The van der Waals surface area contributed by atoms with Crippen LogP contribution in [0, 0.1) is 5.82 Å². The van der Waals surface area contributed by atoms with Crippen LogP contribution in [0.1, 0.15) is 0 Å².